The number of aliphatic hydroxyl groups excluding tert-OH is 1. The van der Waals surface area contributed by atoms with Crippen molar-refractivity contribution in [3.05, 3.63) is 34.9 Å². The lowest BCUT2D eigenvalue weighted by Gasteiger charge is -2.28. The number of hydrogen-bond acceptors (Lipinski definition) is 1. The average molecular weight is 290 g/mol. The van der Waals surface area contributed by atoms with Gasteiger partial charge in [0.05, 0.1) is 6.10 Å². The molecule has 0 heterocycles. The van der Waals surface area contributed by atoms with Crippen molar-refractivity contribution in [2.45, 2.75) is 79.2 Å². The summed E-state index contributed by atoms with van der Waals surface area (Å²) >= 11 is 0. The Morgan fingerprint density at radius 2 is 2.00 bits per heavy atom. The molecule has 0 radical (unpaired) electrons. The maximum absolute atomic E-state index is 10.6. The SMILES string of the molecule is CC(C)=CCC[C@@H](C)C1CCC(C)=CCC/C(C)=C/[C@@H]1O. The summed E-state index contributed by atoms with van der Waals surface area (Å²) in [5, 5.41) is 10.6. The average Bonchev–Trinajstić information content (AvgIpc) is 2.37. The molecular weight excluding hydrogens is 256 g/mol. The maximum Gasteiger partial charge on any atom is 0.0754 e. The Bertz CT molecular complexity index is 396. The highest BCUT2D eigenvalue weighted by molar-refractivity contribution is 5.09. The first-order chi connectivity index (χ1) is 9.90. The third kappa shape index (κ3) is 7.13. The lowest BCUT2D eigenvalue weighted by Crippen LogP contribution is -2.25. The summed E-state index contributed by atoms with van der Waals surface area (Å²) in [6.07, 6.45) is 13.2. The summed E-state index contributed by atoms with van der Waals surface area (Å²) in [4.78, 5) is 0. The lowest BCUT2D eigenvalue weighted by atomic mass is 9.80. The van der Waals surface area contributed by atoms with Crippen LogP contribution in [-0.4, -0.2) is 11.2 Å². The highest BCUT2D eigenvalue weighted by Gasteiger charge is 2.23. The zero-order chi connectivity index (χ0) is 15.8. The molecule has 120 valence electrons. The van der Waals surface area contributed by atoms with Crippen LogP contribution in [-0.2, 0) is 0 Å². The van der Waals surface area contributed by atoms with Gasteiger partial charge >= 0.3 is 0 Å². The quantitative estimate of drug-likeness (QED) is 0.647. The molecule has 0 saturated heterocycles. The van der Waals surface area contributed by atoms with Crippen LogP contribution in [0.5, 0.6) is 0 Å². The predicted octanol–water partition coefficient (Wildman–Crippen LogP) is 5.81. The van der Waals surface area contributed by atoms with Gasteiger partial charge in [-0.25, -0.2) is 0 Å². The van der Waals surface area contributed by atoms with Crippen molar-refractivity contribution in [3.8, 4) is 0 Å². The van der Waals surface area contributed by atoms with Crippen LogP contribution in [0.2, 0.25) is 0 Å². The van der Waals surface area contributed by atoms with Gasteiger partial charge in [-0.05, 0) is 78.1 Å². The van der Waals surface area contributed by atoms with Gasteiger partial charge in [0.25, 0.3) is 0 Å². The van der Waals surface area contributed by atoms with E-state index in [1.54, 1.807) is 0 Å². The molecule has 0 aromatic heterocycles. The van der Waals surface area contributed by atoms with E-state index in [0.29, 0.717) is 11.8 Å². The van der Waals surface area contributed by atoms with E-state index < -0.39 is 0 Å². The molecule has 1 aliphatic carbocycles. The van der Waals surface area contributed by atoms with Crippen molar-refractivity contribution in [3.63, 3.8) is 0 Å². The summed E-state index contributed by atoms with van der Waals surface area (Å²) in [6.45, 7) is 11.0. The van der Waals surface area contributed by atoms with Gasteiger partial charge in [-0.15, -0.1) is 0 Å². The second-order valence-corrected chi connectivity index (χ2v) is 7.13. The molecule has 1 unspecified atom stereocenters. The Labute approximate surface area is 131 Å². The molecule has 1 nitrogen and oxygen atoms in total. The maximum atomic E-state index is 10.6. The van der Waals surface area contributed by atoms with Gasteiger partial charge in [0.15, 0.2) is 0 Å². The van der Waals surface area contributed by atoms with Gasteiger partial charge in [-0.1, -0.05) is 41.9 Å². The van der Waals surface area contributed by atoms with Crippen LogP contribution in [0, 0.1) is 11.8 Å². The summed E-state index contributed by atoms with van der Waals surface area (Å²) in [7, 11) is 0. The molecule has 0 saturated carbocycles. The molecular formula is C20H34O. The molecule has 0 fully saturated rings. The fourth-order valence-electron chi connectivity index (χ4n) is 3.18. The molecule has 1 N–H and O–H groups in total. The first kappa shape index (κ1) is 18.2. The fraction of sp³-hybridized carbons (Fsp3) is 0.700. The number of rotatable bonds is 4. The van der Waals surface area contributed by atoms with E-state index in [2.05, 4.69) is 52.8 Å². The molecule has 0 aliphatic heterocycles. The molecule has 0 amide bonds. The lowest BCUT2D eigenvalue weighted by molar-refractivity contribution is 0.106. The molecule has 0 aromatic carbocycles. The second-order valence-electron chi connectivity index (χ2n) is 7.13. The highest BCUT2D eigenvalue weighted by atomic mass is 16.3. The molecule has 1 aliphatic rings. The number of allylic oxidation sites excluding steroid dienone is 5. The van der Waals surface area contributed by atoms with Gasteiger partial charge in [0.2, 0.25) is 0 Å². The Morgan fingerprint density at radius 3 is 2.67 bits per heavy atom. The summed E-state index contributed by atoms with van der Waals surface area (Å²) in [5.74, 6) is 0.943. The molecule has 0 spiro atoms. The standard InChI is InChI=1S/C20H34O/c1-15(2)8-6-11-18(5)19-13-12-16(3)9-7-10-17(4)14-20(19)21/h8-9,14,18-21H,6-7,10-13H2,1-5H3/b16-9?,17-14+/t18-,19?,20+/m1/s1. The van der Waals surface area contributed by atoms with Crippen LogP contribution in [0.4, 0.5) is 0 Å². The minimum absolute atomic E-state index is 0.280. The Kier molecular flexibility index (Phi) is 8.03. The zero-order valence-electron chi connectivity index (χ0n) is 14.7. The minimum Gasteiger partial charge on any atom is -0.389 e. The normalized spacial score (nSPS) is 28.1. The van der Waals surface area contributed by atoms with E-state index in [1.165, 1.54) is 23.1 Å². The van der Waals surface area contributed by atoms with Crippen LogP contribution in [0.1, 0.15) is 73.1 Å². The number of hydrogen-bond donors (Lipinski definition) is 1. The van der Waals surface area contributed by atoms with Crippen LogP contribution in [0.15, 0.2) is 34.9 Å². The van der Waals surface area contributed by atoms with E-state index in [0.717, 1.165) is 32.1 Å². The Hall–Kier alpha value is -0.820. The molecule has 1 rings (SSSR count). The third-order valence-corrected chi connectivity index (χ3v) is 4.70. The van der Waals surface area contributed by atoms with E-state index in [1.807, 2.05) is 0 Å². The minimum atomic E-state index is -0.280. The summed E-state index contributed by atoms with van der Waals surface area (Å²) in [5.41, 5.74) is 4.21. The van der Waals surface area contributed by atoms with Gasteiger partial charge in [-0.3, -0.25) is 0 Å². The molecule has 3 atom stereocenters. The monoisotopic (exact) mass is 290 g/mol. The van der Waals surface area contributed by atoms with Crippen molar-refractivity contribution < 1.29 is 5.11 Å². The molecule has 21 heavy (non-hydrogen) atoms. The van der Waals surface area contributed by atoms with Crippen molar-refractivity contribution in [2.24, 2.45) is 11.8 Å². The van der Waals surface area contributed by atoms with Gasteiger partial charge in [0.1, 0.15) is 0 Å². The van der Waals surface area contributed by atoms with Crippen LogP contribution in [0.3, 0.4) is 0 Å². The van der Waals surface area contributed by atoms with Crippen molar-refractivity contribution in [2.75, 3.05) is 0 Å². The topological polar surface area (TPSA) is 20.2 Å². The third-order valence-electron chi connectivity index (χ3n) is 4.70. The summed E-state index contributed by atoms with van der Waals surface area (Å²) in [6, 6.07) is 0. The van der Waals surface area contributed by atoms with Crippen molar-refractivity contribution in [1.82, 2.24) is 0 Å². The number of aliphatic hydroxyl groups is 1. The smallest absolute Gasteiger partial charge is 0.0754 e. The molecule has 0 aromatic rings. The van der Waals surface area contributed by atoms with Gasteiger partial charge < -0.3 is 5.11 Å². The largest absolute Gasteiger partial charge is 0.389 e. The molecule has 0 bridgehead atoms. The van der Waals surface area contributed by atoms with Gasteiger partial charge in [-0.2, -0.15) is 0 Å². The van der Waals surface area contributed by atoms with Crippen molar-refractivity contribution >= 4 is 0 Å². The fourth-order valence-corrected chi connectivity index (χ4v) is 3.18. The van der Waals surface area contributed by atoms with Gasteiger partial charge in [0, 0.05) is 0 Å². The van der Waals surface area contributed by atoms with Crippen LogP contribution >= 0.6 is 0 Å². The first-order valence-electron chi connectivity index (χ1n) is 8.54. The Morgan fingerprint density at radius 1 is 1.29 bits per heavy atom. The van der Waals surface area contributed by atoms with E-state index in [4.69, 9.17) is 0 Å². The van der Waals surface area contributed by atoms with E-state index in [9.17, 15) is 5.11 Å². The summed E-state index contributed by atoms with van der Waals surface area (Å²) < 4.78 is 0. The zero-order valence-corrected chi connectivity index (χ0v) is 14.7. The predicted molar refractivity (Wildman–Crippen MR) is 93.3 cm³/mol. The second kappa shape index (κ2) is 9.25. The first-order valence-corrected chi connectivity index (χ1v) is 8.54. The Balaban J connectivity index is 2.74. The van der Waals surface area contributed by atoms with Crippen LogP contribution in [0.25, 0.3) is 0 Å². The molecule has 1 heteroatoms. The van der Waals surface area contributed by atoms with E-state index >= 15 is 0 Å². The van der Waals surface area contributed by atoms with E-state index in [-0.39, 0.29) is 6.10 Å². The highest BCUT2D eigenvalue weighted by Crippen LogP contribution is 2.30. The van der Waals surface area contributed by atoms with Crippen molar-refractivity contribution in [1.29, 1.82) is 0 Å². The van der Waals surface area contributed by atoms with Crippen LogP contribution < -0.4 is 0 Å².